The number of hydrogen-bond acceptors (Lipinski definition) is 1. The monoisotopic (exact) mass is 202 g/mol. The molecule has 0 aliphatic carbocycles. The molecule has 0 aromatic carbocycles. The van der Waals surface area contributed by atoms with E-state index >= 15 is 0 Å². The van der Waals surface area contributed by atoms with Crippen molar-refractivity contribution in [2.75, 3.05) is 0 Å². The van der Waals surface area contributed by atoms with Gasteiger partial charge in [-0.05, 0) is 15.9 Å². The molecule has 0 radical (unpaired) electrons. The van der Waals surface area contributed by atoms with Gasteiger partial charge in [-0.2, -0.15) is 0 Å². The maximum Gasteiger partial charge on any atom is 0.223 e. The van der Waals surface area contributed by atoms with Gasteiger partial charge in [0.05, 0.1) is 0 Å². The van der Waals surface area contributed by atoms with E-state index in [-0.39, 0.29) is 9.18 Å². The highest BCUT2D eigenvalue weighted by molar-refractivity contribution is 9.18. The molecule has 0 saturated heterocycles. The summed E-state index contributed by atoms with van der Waals surface area (Å²) in [5, 5.41) is 0. The lowest BCUT2D eigenvalue weighted by Crippen LogP contribution is -1.71. The van der Waals surface area contributed by atoms with Crippen molar-refractivity contribution in [2.24, 2.45) is 0 Å². The molecule has 0 spiro atoms. The van der Waals surface area contributed by atoms with Crippen LogP contribution in [-0.4, -0.2) is 4.69 Å². The Morgan fingerprint density at radius 1 is 1.57 bits per heavy atom. The van der Waals surface area contributed by atoms with Crippen LogP contribution in [0.2, 0.25) is 0 Å². The van der Waals surface area contributed by atoms with Crippen molar-refractivity contribution in [1.82, 2.24) is 0 Å². The molecule has 0 atom stereocenters. The van der Waals surface area contributed by atoms with E-state index in [1.165, 1.54) is 0 Å². The quantitative estimate of drug-likeness (QED) is 0.472. The summed E-state index contributed by atoms with van der Waals surface area (Å²) >= 11 is 12.7. The van der Waals surface area contributed by atoms with Crippen molar-refractivity contribution in [3.8, 4) is 0 Å². The van der Waals surface area contributed by atoms with Crippen molar-refractivity contribution >= 4 is 43.8 Å². The molecular weight excluding hydrogens is 203 g/mol. The van der Waals surface area contributed by atoms with E-state index in [1.54, 1.807) is 0 Å². The third-order valence-electron chi connectivity index (χ3n) is 0.223. The fourth-order valence-electron chi connectivity index (χ4n) is 0.0858. The van der Waals surface area contributed by atoms with Crippen LogP contribution in [0.4, 0.5) is 0 Å². The largest absolute Gasteiger partial charge is 0.282 e. The molecule has 0 saturated carbocycles. The zero-order chi connectivity index (χ0) is 5.86. The molecule has 4 heteroatoms. The fourth-order valence-corrected chi connectivity index (χ4v) is 0.776. The number of rotatable bonds is 1. The molecule has 0 aromatic rings. The minimum absolute atomic E-state index is 0.0399. The first-order chi connectivity index (χ1) is 3.13. The van der Waals surface area contributed by atoms with Gasteiger partial charge in [0, 0.05) is 6.08 Å². The topological polar surface area (TPSA) is 17.1 Å². The smallest absolute Gasteiger partial charge is 0.223 e. The van der Waals surface area contributed by atoms with E-state index in [2.05, 4.69) is 15.9 Å². The van der Waals surface area contributed by atoms with Crippen molar-refractivity contribution in [2.45, 2.75) is 0 Å². The molecule has 0 fully saturated rings. The lowest BCUT2D eigenvalue weighted by atomic mass is 10.7. The highest BCUT2D eigenvalue weighted by atomic mass is 79.9. The van der Waals surface area contributed by atoms with Gasteiger partial charge >= 0.3 is 0 Å². The first-order valence-corrected chi connectivity index (χ1v) is 2.90. The lowest BCUT2D eigenvalue weighted by Gasteiger charge is -1.73. The van der Waals surface area contributed by atoms with E-state index in [9.17, 15) is 4.79 Å². The molecule has 0 rings (SSSR count). The zero-order valence-electron chi connectivity index (χ0n) is 3.12. The van der Waals surface area contributed by atoms with E-state index in [1.807, 2.05) is 0 Å². The van der Waals surface area contributed by atoms with Gasteiger partial charge in [-0.1, -0.05) is 23.2 Å². The molecular formula is C3HBrCl2O. The molecule has 7 heavy (non-hydrogen) atoms. The Bertz CT molecular complexity index is 106. The van der Waals surface area contributed by atoms with Crippen LogP contribution >= 0.6 is 39.1 Å². The minimum atomic E-state index is -0.326. The van der Waals surface area contributed by atoms with Crippen molar-refractivity contribution in [1.29, 1.82) is 0 Å². The summed E-state index contributed by atoms with van der Waals surface area (Å²) in [7, 11) is 0. The maximum atomic E-state index is 9.93. The van der Waals surface area contributed by atoms with Gasteiger partial charge in [-0.25, -0.2) is 0 Å². The average Bonchev–Trinajstić information content (AvgIpc) is 1.27. The van der Waals surface area contributed by atoms with Crippen LogP contribution < -0.4 is 0 Å². The Labute approximate surface area is 59.4 Å². The first-order valence-electron chi connectivity index (χ1n) is 1.35. The third-order valence-corrected chi connectivity index (χ3v) is 0.670. The van der Waals surface area contributed by atoms with Crippen LogP contribution in [0.1, 0.15) is 0 Å². The third kappa shape index (κ3) is 6.47. The second-order valence-electron chi connectivity index (χ2n) is 0.738. The fraction of sp³-hybridized carbons (Fsp3) is 0. The van der Waals surface area contributed by atoms with Gasteiger partial charge in [0.15, 0.2) is 0 Å². The van der Waals surface area contributed by atoms with Crippen LogP contribution in [-0.2, 0) is 4.79 Å². The zero-order valence-corrected chi connectivity index (χ0v) is 6.22. The summed E-state index contributed by atoms with van der Waals surface area (Å²) in [6, 6.07) is 0. The van der Waals surface area contributed by atoms with Crippen LogP contribution in [0.25, 0.3) is 0 Å². The molecule has 0 aliphatic rings. The van der Waals surface area contributed by atoms with E-state index in [4.69, 9.17) is 23.2 Å². The standard InChI is InChI=1S/C3HBrCl2O/c4-2(7)1-3(5)6/h1H. The first kappa shape index (κ1) is 7.47. The molecule has 0 bridgehead atoms. The van der Waals surface area contributed by atoms with Gasteiger partial charge in [-0.3, -0.25) is 4.79 Å². The second kappa shape index (κ2) is 3.47. The second-order valence-corrected chi connectivity index (χ2v) is 2.53. The van der Waals surface area contributed by atoms with Gasteiger partial charge in [0.2, 0.25) is 4.69 Å². The van der Waals surface area contributed by atoms with Crippen LogP contribution in [0.15, 0.2) is 10.6 Å². The molecule has 0 unspecified atom stereocenters. The highest BCUT2D eigenvalue weighted by Crippen LogP contribution is 2.06. The SMILES string of the molecule is O=C(Br)C=C(Cl)Cl. The highest BCUT2D eigenvalue weighted by Gasteiger charge is 1.87. The normalized spacial score (nSPS) is 7.86. The molecule has 40 valence electrons. The molecule has 0 aromatic heterocycles. The summed E-state index contributed by atoms with van der Waals surface area (Å²) in [6.45, 7) is 0. The molecule has 0 aliphatic heterocycles. The average molecular weight is 204 g/mol. The summed E-state index contributed by atoms with van der Waals surface area (Å²) in [6.07, 6.45) is 1.06. The number of allylic oxidation sites excluding steroid dienone is 1. The van der Waals surface area contributed by atoms with Crippen molar-refractivity contribution in [3.05, 3.63) is 10.6 Å². The molecule has 1 nitrogen and oxygen atoms in total. The maximum absolute atomic E-state index is 9.93. The summed E-state index contributed by atoms with van der Waals surface area (Å²) in [4.78, 5) is 9.93. The Kier molecular flexibility index (Phi) is 3.70. The van der Waals surface area contributed by atoms with Gasteiger partial charge in [-0.15, -0.1) is 0 Å². The Morgan fingerprint density at radius 3 is 2.00 bits per heavy atom. The van der Waals surface area contributed by atoms with Crippen molar-refractivity contribution in [3.63, 3.8) is 0 Å². The summed E-state index contributed by atoms with van der Waals surface area (Å²) < 4.78 is -0.366. The Hall–Kier alpha value is 0.470. The number of carbonyl (C=O) groups is 1. The van der Waals surface area contributed by atoms with Gasteiger partial charge in [0.25, 0.3) is 0 Å². The summed E-state index contributed by atoms with van der Waals surface area (Å²) in [5.41, 5.74) is 0. The Morgan fingerprint density at radius 2 is 2.00 bits per heavy atom. The summed E-state index contributed by atoms with van der Waals surface area (Å²) in [5.74, 6) is 0. The lowest BCUT2D eigenvalue weighted by molar-refractivity contribution is -0.106. The predicted molar refractivity (Wildman–Crippen MR) is 33.7 cm³/mol. The molecule has 0 heterocycles. The minimum Gasteiger partial charge on any atom is -0.282 e. The van der Waals surface area contributed by atoms with Crippen LogP contribution in [0.3, 0.4) is 0 Å². The molecule has 0 amide bonds. The number of carbonyl (C=O) groups excluding carboxylic acids is 1. The number of halogens is 3. The van der Waals surface area contributed by atoms with Crippen molar-refractivity contribution < 1.29 is 4.79 Å². The van der Waals surface area contributed by atoms with E-state index in [0.29, 0.717) is 0 Å². The van der Waals surface area contributed by atoms with Gasteiger partial charge < -0.3 is 0 Å². The van der Waals surface area contributed by atoms with E-state index < -0.39 is 0 Å². The predicted octanol–water partition coefficient (Wildman–Crippen LogP) is 2.23. The molecule has 0 N–H and O–H groups in total. The number of hydrogen-bond donors (Lipinski definition) is 0. The van der Waals surface area contributed by atoms with Crippen LogP contribution in [0, 0.1) is 0 Å². The Balaban J connectivity index is 3.68. The van der Waals surface area contributed by atoms with E-state index in [0.717, 1.165) is 6.08 Å². The van der Waals surface area contributed by atoms with Gasteiger partial charge in [0.1, 0.15) is 4.49 Å². The van der Waals surface area contributed by atoms with Crippen LogP contribution in [0.5, 0.6) is 0 Å².